The van der Waals surface area contributed by atoms with Crippen LogP contribution in [0.2, 0.25) is 0 Å². The first kappa shape index (κ1) is 18.0. The van der Waals surface area contributed by atoms with Crippen LogP contribution in [0, 0.1) is 0 Å². The minimum absolute atomic E-state index is 0.0755. The summed E-state index contributed by atoms with van der Waals surface area (Å²) >= 11 is 0. The lowest BCUT2D eigenvalue weighted by Gasteiger charge is -2.37. The van der Waals surface area contributed by atoms with Crippen molar-refractivity contribution in [2.75, 3.05) is 24.5 Å². The van der Waals surface area contributed by atoms with Gasteiger partial charge < -0.3 is 14.5 Å². The zero-order valence-corrected chi connectivity index (χ0v) is 15.8. The van der Waals surface area contributed by atoms with E-state index < -0.39 is 5.60 Å². The second-order valence-electron chi connectivity index (χ2n) is 8.18. The summed E-state index contributed by atoms with van der Waals surface area (Å²) in [5.41, 5.74) is 0.654. The third-order valence-electron chi connectivity index (χ3n) is 4.97. The van der Waals surface area contributed by atoms with Crippen molar-refractivity contribution < 1.29 is 9.53 Å². The third kappa shape index (κ3) is 4.65. The summed E-state index contributed by atoms with van der Waals surface area (Å²) in [6, 6.07) is 4.33. The first-order valence-electron chi connectivity index (χ1n) is 9.64. The number of anilines is 1. The van der Waals surface area contributed by atoms with Gasteiger partial charge in [-0.2, -0.15) is 0 Å². The first-order valence-corrected chi connectivity index (χ1v) is 9.64. The fourth-order valence-electron chi connectivity index (χ4n) is 3.72. The van der Waals surface area contributed by atoms with Gasteiger partial charge in [-0.1, -0.05) is 6.07 Å². The zero-order chi connectivity index (χ0) is 17.9. The van der Waals surface area contributed by atoms with Crippen molar-refractivity contribution in [2.24, 2.45) is 0 Å². The van der Waals surface area contributed by atoms with Crippen LogP contribution in [-0.2, 0) is 4.74 Å². The molecule has 0 aromatic carbocycles. The maximum atomic E-state index is 12.6. The van der Waals surface area contributed by atoms with Crippen LogP contribution in [0.5, 0.6) is 0 Å². The van der Waals surface area contributed by atoms with E-state index >= 15 is 0 Å². The van der Waals surface area contributed by atoms with E-state index in [2.05, 4.69) is 17.0 Å². The number of aromatic nitrogens is 1. The van der Waals surface area contributed by atoms with Crippen LogP contribution in [0.25, 0.3) is 0 Å². The van der Waals surface area contributed by atoms with Gasteiger partial charge in [0, 0.05) is 25.8 Å². The van der Waals surface area contributed by atoms with E-state index in [1.54, 1.807) is 0 Å². The number of likely N-dealkylation sites (tertiary alicyclic amines) is 1. The third-order valence-corrected chi connectivity index (χ3v) is 4.97. The molecule has 2 fully saturated rings. The molecule has 25 heavy (non-hydrogen) atoms. The summed E-state index contributed by atoms with van der Waals surface area (Å²) < 4.78 is 5.61. The van der Waals surface area contributed by atoms with Crippen molar-refractivity contribution in [3.8, 4) is 0 Å². The molecular weight excluding hydrogens is 314 g/mol. The molecule has 1 amide bonds. The largest absolute Gasteiger partial charge is 0.444 e. The number of piperidine rings is 2. The van der Waals surface area contributed by atoms with E-state index in [1.807, 2.05) is 31.9 Å². The molecule has 2 aliphatic rings. The topological polar surface area (TPSA) is 45.7 Å². The Kier molecular flexibility index (Phi) is 5.50. The highest BCUT2D eigenvalue weighted by atomic mass is 16.6. The Morgan fingerprint density at radius 2 is 1.80 bits per heavy atom. The summed E-state index contributed by atoms with van der Waals surface area (Å²) in [4.78, 5) is 21.5. The van der Waals surface area contributed by atoms with Crippen LogP contribution in [-0.4, -0.2) is 41.2 Å². The minimum atomic E-state index is -0.463. The number of nitrogens with zero attached hydrogens (tertiary/aromatic N) is 3. The maximum Gasteiger partial charge on any atom is 0.410 e. The van der Waals surface area contributed by atoms with Crippen molar-refractivity contribution in [1.82, 2.24) is 9.88 Å². The zero-order valence-electron chi connectivity index (χ0n) is 15.8. The average molecular weight is 345 g/mol. The number of pyridine rings is 1. The van der Waals surface area contributed by atoms with Gasteiger partial charge in [0.15, 0.2) is 0 Å². The van der Waals surface area contributed by atoms with Gasteiger partial charge in [-0.25, -0.2) is 9.78 Å². The number of ether oxygens (including phenoxy) is 1. The van der Waals surface area contributed by atoms with Gasteiger partial charge in [0.25, 0.3) is 0 Å². The molecule has 5 heteroatoms. The first-order chi connectivity index (χ1) is 11.9. The van der Waals surface area contributed by atoms with Gasteiger partial charge in [0.2, 0.25) is 0 Å². The number of carbonyl (C=O) groups excluding carboxylic acids is 1. The number of hydrogen-bond donors (Lipinski definition) is 0. The number of rotatable bonds is 2. The van der Waals surface area contributed by atoms with E-state index in [0.29, 0.717) is 0 Å². The van der Waals surface area contributed by atoms with Gasteiger partial charge >= 0.3 is 6.09 Å². The highest BCUT2D eigenvalue weighted by molar-refractivity contribution is 5.69. The smallest absolute Gasteiger partial charge is 0.410 e. The van der Waals surface area contributed by atoms with Gasteiger partial charge in [-0.3, -0.25) is 0 Å². The van der Waals surface area contributed by atoms with Gasteiger partial charge in [-0.15, -0.1) is 0 Å². The van der Waals surface area contributed by atoms with Crippen LogP contribution < -0.4 is 4.90 Å². The van der Waals surface area contributed by atoms with Crippen LogP contribution in [0.15, 0.2) is 18.3 Å². The Morgan fingerprint density at radius 1 is 1.08 bits per heavy atom. The number of carbonyl (C=O) groups is 1. The van der Waals surface area contributed by atoms with Crippen molar-refractivity contribution >= 4 is 11.9 Å². The molecule has 2 saturated heterocycles. The number of hydrogen-bond acceptors (Lipinski definition) is 4. The van der Waals surface area contributed by atoms with Crippen LogP contribution in [0.4, 0.5) is 10.6 Å². The monoisotopic (exact) mass is 345 g/mol. The highest BCUT2D eigenvalue weighted by Gasteiger charge is 2.31. The van der Waals surface area contributed by atoms with Gasteiger partial charge in [-0.05, 0) is 70.9 Å². The normalized spacial score (nSPS) is 22.0. The Morgan fingerprint density at radius 3 is 2.44 bits per heavy atom. The summed E-state index contributed by atoms with van der Waals surface area (Å²) in [5, 5.41) is 0. The van der Waals surface area contributed by atoms with Crippen molar-refractivity contribution in [1.29, 1.82) is 0 Å². The quantitative estimate of drug-likeness (QED) is 0.790. The van der Waals surface area contributed by atoms with Crippen LogP contribution in [0.3, 0.4) is 0 Å². The fourth-order valence-corrected chi connectivity index (χ4v) is 3.72. The Hall–Kier alpha value is -1.78. The summed E-state index contributed by atoms with van der Waals surface area (Å²) in [6.07, 6.45) is 8.71. The summed E-state index contributed by atoms with van der Waals surface area (Å²) in [6.45, 7) is 8.70. The summed E-state index contributed by atoms with van der Waals surface area (Å²) in [7, 11) is 0. The Labute approximate surface area is 151 Å². The predicted molar refractivity (Wildman–Crippen MR) is 99.8 cm³/mol. The molecule has 138 valence electrons. The maximum absolute atomic E-state index is 12.6. The Balaban J connectivity index is 1.72. The molecule has 0 unspecified atom stereocenters. The fraction of sp³-hybridized carbons (Fsp3) is 0.700. The molecule has 0 N–H and O–H groups in total. The predicted octanol–water partition coefficient (Wildman–Crippen LogP) is 4.53. The van der Waals surface area contributed by atoms with E-state index in [4.69, 9.17) is 9.72 Å². The molecule has 1 atom stereocenters. The van der Waals surface area contributed by atoms with Crippen molar-refractivity contribution in [3.63, 3.8) is 0 Å². The lowest BCUT2D eigenvalue weighted by Crippen LogP contribution is -2.41. The van der Waals surface area contributed by atoms with Gasteiger partial charge in [0.05, 0.1) is 6.04 Å². The molecular formula is C20H31N3O2. The molecule has 0 aliphatic carbocycles. The molecule has 3 rings (SSSR count). The lowest BCUT2D eigenvalue weighted by molar-refractivity contribution is 0.00948. The SMILES string of the molecule is CC(C)(C)OC(=O)N1CCCC[C@H]1c1ccc(N2CCCCC2)nc1. The second kappa shape index (κ2) is 7.63. The second-order valence-corrected chi connectivity index (χ2v) is 8.18. The molecule has 1 aromatic rings. The van der Waals surface area contributed by atoms with Crippen LogP contribution >= 0.6 is 0 Å². The molecule has 1 aromatic heterocycles. The van der Waals surface area contributed by atoms with E-state index in [1.165, 1.54) is 19.3 Å². The molecule has 5 nitrogen and oxygen atoms in total. The van der Waals surface area contributed by atoms with E-state index in [9.17, 15) is 4.79 Å². The minimum Gasteiger partial charge on any atom is -0.444 e. The molecule has 0 saturated carbocycles. The standard InChI is InChI=1S/C20H31N3O2/c1-20(2,3)25-19(24)23-14-8-5-9-17(23)16-10-11-18(21-15-16)22-12-6-4-7-13-22/h10-11,15,17H,4-9,12-14H2,1-3H3/t17-/m0/s1. The average Bonchev–Trinajstić information content (AvgIpc) is 2.61. The molecule has 0 radical (unpaired) electrons. The highest BCUT2D eigenvalue weighted by Crippen LogP contribution is 2.32. The molecule has 3 heterocycles. The van der Waals surface area contributed by atoms with Gasteiger partial charge in [0.1, 0.15) is 11.4 Å². The molecule has 0 bridgehead atoms. The molecule has 0 spiro atoms. The van der Waals surface area contributed by atoms with Crippen molar-refractivity contribution in [2.45, 2.75) is 70.9 Å². The number of amides is 1. The Bertz CT molecular complexity index is 574. The lowest BCUT2D eigenvalue weighted by atomic mass is 9.97. The van der Waals surface area contributed by atoms with E-state index in [0.717, 1.165) is 50.3 Å². The van der Waals surface area contributed by atoms with Crippen molar-refractivity contribution in [3.05, 3.63) is 23.9 Å². The van der Waals surface area contributed by atoms with Crippen LogP contribution in [0.1, 0.15) is 70.9 Å². The summed E-state index contributed by atoms with van der Waals surface area (Å²) in [5.74, 6) is 1.06. The molecule has 2 aliphatic heterocycles. The van der Waals surface area contributed by atoms with E-state index in [-0.39, 0.29) is 12.1 Å².